The van der Waals surface area contributed by atoms with Crippen molar-refractivity contribution >= 4 is 5.91 Å². The van der Waals surface area contributed by atoms with Gasteiger partial charge in [-0.25, -0.2) is 9.37 Å². The third-order valence-electron chi connectivity index (χ3n) is 1.63. The van der Waals surface area contributed by atoms with Crippen LogP contribution in [0, 0.1) is 23.1 Å². The lowest BCUT2D eigenvalue weighted by atomic mass is 10.2. The minimum Gasteiger partial charge on any atom is -0.336 e. The molecule has 0 saturated carbocycles. The van der Waals surface area contributed by atoms with E-state index < -0.39 is 29.3 Å². The first-order valence-corrected chi connectivity index (χ1v) is 4.06. The molecule has 0 aliphatic carbocycles. The standard InChI is InChI=1S/C9H7F2N3O/c1-5(4-12)14-9(15)6-2-3-13-8(11)7(6)10/h2-3,5H,1H3,(H,14,15). The summed E-state index contributed by atoms with van der Waals surface area (Å²) in [7, 11) is 0. The van der Waals surface area contributed by atoms with Gasteiger partial charge in [-0.15, -0.1) is 0 Å². The van der Waals surface area contributed by atoms with Gasteiger partial charge in [0.25, 0.3) is 5.91 Å². The first-order chi connectivity index (χ1) is 7.06. The third kappa shape index (κ3) is 2.47. The minimum absolute atomic E-state index is 0.468. The zero-order chi connectivity index (χ0) is 11.4. The molecule has 1 rings (SSSR count). The fourth-order valence-electron chi connectivity index (χ4n) is 0.900. The number of halogens is 2. The average Bonchev–Trinajstić information content (AvgIpc) is 2.21. The van der Waals surface area contributed by atoms with Crippen LogP contribution in [0.4, 0.5) is 8.78 Å². The van der Waals surface area contributed by atoms with Crippen molar-refractivity contribution < 1.29 is 13.6 Å². The van der Waals surface area contributed by atoms with Crippen molar-refractivity contribution in [3.63, 3.8) is 0 Å². The first kappa shape index (κ1) is 11.0. The summed E-state index contributed by atoms with van der Waals surface area (Å²) < 4.78 is 25.7. The highest BCUT2D eigenvalue weighted by Crippen LogP contribution is 2.08. The van der Waals surface area contributed by atoms with Crippen LogP contribution in [0.5, 0.6) is 0 Å². The Labute approximate surface area is 84.5 Å². The van der Waals surface area contributed by atoms with Crippen molar-refractivity contribution in [2.75, 3.05) is 0 Å². The molecule has 1 atom stereocenters. The SMILES string of the molecule is CC(C#N)NC(=O)c1ccnc(F)c1F. The Bertz CT molecular complexity index is 428. The maximum atomic E-state index is 13.0. The van der Waals surface area contributed by atoms with Crippen LogP contribution in [0.2, 0.25) is 0 Å². The van der Waals surface area contributed by atoms with Gasteiger partial charge < -0.3 is 5.32 Å². The van der Waals surface area contributed by atoms with Crippen molar-refractivity contribution in [3.05, 3.63) is 29.6 Å². The van der Waals surface area contributed by atoms with Crippen LogP contribution in [0.25, 0.3) is 0 Å². The van der Waals surface area contributed by atoms with E-state index in [1.807, 2.05) is 0 Å². The number of rotatable bonds is 2. The highest BCUT2D eigenvalue weighted by atomic mass is 19.2. The van der Waals surface area contributed by atoms with E-state index in [4.69, 9.17) is 5.26 Å². The highest BCUT2D eigenvalue weighted by molar-refractivity contribution is 5.94. The van der Waals surface area contributed by atoms with E-state index in [9.17, 15) is 13.6 Å². The highest BCUT2D eigenvalue weighted by Gasteiger charge is 2.17. The van der Waals surface area contributed by atoms with Crippen LogP contribution >= 0.6 is 0 Å². The van der Waals surface area contributed by atoms with Crippen LogP contribution in [0.3, 0.4) is 0 Å². The predicted octanol–water partition coefficient (Wildman–Crippen LogP) is 1.00. The molecule has 6 heteroatoms. The number of nitrogens with zero attached hydrogens (tertiary/aromatic N) is 2. The molecule has 0 aliphatic heterocycles. The van der Waals surface area contributed by atoms with Gasteiger partial charge in [0.2, 0.25) is 5.95 Å². The molecule has 0 spiro atoms. The maximum absolute atomic E-state index is 13.0. The van der Waals surface area contributed by atoms with Gasteiger partial charge in [-0.2, -0.15) is 9.65 Å². The molecule has 15 heavy (non-hydrogen) atoms. The largest absolute Gasteiger partial charge is 0.336 e. The smallest absolute Gasteiger partial charge is 0.255 e. The zero-order valence-electron chi connectivity index (χ0n) is 7.79. The quantitative estimate of drug-likeness (QED) is 0.742. The van der Waals surface area contributed by atoms with Crippen molar-refractivity contribution in [1.82, 2.24) is 10.3 Å². The molecule has 0 saturated heterocycles. The molecule has 1 heterocycles. The Morgan fingerprint density at radius 3 is 2.93 bits per heavy atom. The molecule has 0 fully saturated rings. The lowest BCUT2D eigenvalue weighted by Gasteiger charge is -2.06. The van der Waals surface area contributed by atoms with Crippen LogP contribution in [0.1, 0.15) is 17.3 Å². The summed E-state index contributed by atoms with van der Waals surface area (Å²) in [5.41, 5.74) is -0.468. The molecule has 1 aromatic heterocycles. The number of amides is 1. The lowest BCUT2D eigenvalue weighted by molar-refractivity contribution is 0.0942. The van der Waals surface area contributed by atoms with E-state index >= 15 is 0 Å². The van der Waals surface area contributed by atoms with E-state index in [2.05, 4.69) is 10.3 Å². The molecule has 1 amide bonds. The van der Waals surface area contributed by atoms with Crippen molar-refractivity contribution in [2.24, 2.45) is 0 Å². The summed E-state index contributed by atoms with van der Waals surface area (Å²) >= 11 is 0. The number of carbonyl (C=O) groups is 1. The summed E-state index contributed by atoms with van der Waals surface area (Å²) in [6, 6.07) is 2.01. The maximum Gasteiger partial charge on any atom is 0.255 e. The Morgan fingerprint density at radius 1 is 1.67 bits per heavy atom. The van der Waals surface area contributed by atoms with Crippen LogP contribution in [0.15, 0.2) is 12.3 Å². The second-order valence-corrected chi connectivity index (χ2v) is 2.79. The first-order valence-electron chi connectivity index (χ1n) is 4.06. The van der Waals surface area contributed by atoms with Gasteiger partial charge in [0.1, 0.15) is 6.04 Å². The fraction of sp³-hybridized carbons (Fsp3) is 0.222. The van der Waals surface area contributed by atoms with Gasteiger partial charge >= 0.3 is 0 Å². The van der Waals surface area contributed by atoms with E-state index in [1.54, 1.807) is 6.07 Å². The van der Waals surface area contributed by atoms with E-state index in [1.165, 1.54) is 6.92 Å². The van der Waals surface area contributed by atoms with Crippen molar-refractivity contribution in [3.8, 4) is 6.07 Å². The monoisotopic (exact) mass is 211 g/mol. The summed E-state index contributed by atoms with van der Waals surface area (Å²) in [6.07, 6.45) is 0.977. The molecule has 0 bridgehead atoms. The Balaban J connectivity index is 2.93. The van der Waals surface area contributed by atoms with E-state index in [0.29, 0.717) is 0 Å². The van der Waals surface area contributed by atoms with Crippen molar-refractivity contribution in [2.45, 2.75) is 13.0 Å². The number of hydrogen-bond acceptors (Lipinski definition) is 3. The third-order valence-corrected chi connectivity index (χ3v) is 1.63. The second-order valence-electron chi connectivity index (χ2n) is 2.79. The van der Waals surface area contributed by atoms with Gasteiger partial charge in [0, 0.05) is 6.20 Å². The Kier molecular flexibility index (Phi) is 3.29. The molecule has 0 radical (unpaired) electrons. The second kappa shape index (κ2) is 4.46. The number of hydrogen-bond donors (Lipinski definition) is 1. The number of nitrogens with one attached hydrogen (secondary N) is 1. The van der Waals surface area contributed by atoms with E-state index in [0.717, 1.165) is 12.3 Å². The topological polar surface area (TPSA) is 65.8 Å². The average molecular weight is 211 g/mol. The van der Waals surface area contributed by atoms with Gasteiger partial charge in [0.15, 0.2) is 5.82 Å². The molecule has 1 N–H and O–H groups in total. The van der Waals surface area contributed by atoms with Gasteiger partial charge in [-0.3, -0.25) is 4.79 Å². The zero-order valence-corrected chi connectivity index (χ0v) is 7.79. The summed E-state index contributed by atoms with van der Waals surface area (Å²) in [4.78, 5) is 14.3. The fourth-order valence-corrected chi connectivity index (χ4v) is 0.900. The molecule has 1 aromatic rings. The molecule has 0 aromatic carbocycles. The molecule has 0 aliphatic rings. The number of aromatic nitrogens is 1. The lowest BCUT2D eigenvalue weighted by Crippen LogP contribution is -2.32. The predicted molar refractivity (Wildman–Crippen MR) is 46.7 cm³/mol. The van der Waals surface area contributed by atoms with Gasteiger partial charge in [-0.1, -0.05) is 0 Å². The number of pyridine rings is 1. The number of carbonyl (C=O) groups excluding carboxylic acids is 1. The van der Waals surface area contributed by atoms with Crippen LogP contribution in [-0.4, -0.2) is 16.9 Å². The number of nitriles is 1. The van der Waals surface area contributed by atoms with Crippen LogP contribution in [-0.2, 0) is 0 Å². The Hall–Kier alpha value is -2.03. The van der Waals surface area contributed by atoms with Gasteiger partial charge in [0.05, 0.1) is 11.6 Å². The van der Waals surface area contributed by atoms with E-state index in [-0.39, 0.29) is 0 Å². The minimum atomic E-state index is -1.34. The molecule has 78 valence electrons. The van der Waals surface area contributed by atoms with Crippen molar-refractivity contribution in [1.29, 1.82) is 5.26 Å². The molecule has 4 nitrogen and oxygen atoms in total. The summed E-state index contributed by atoms with van der Waals surface area (Å²) in [5, 5.41) is 10.6. The molecular weight excluding hydrogens is 204 g/mol. The van der Waals surface area contributed by atoms with Gasteiger partial charge in [-0.05, 0) is 13.0 Å². The normalized spacial score (nSPS) is 11.6. The Morgan fingerprint density at radius 2 is 2.33 bits per heavy atom. The summed E-state index contributed by atoms with van der Waals surface area (Å²) in [5.74, 6) is -3.50. The van der Waals surface area contributed by atoms with Crippen LogP contribution < -0.4 is 5.32 Å². The molecule has 1 unspecified atom stereocenters. The summed E-state index contributed by atoms with van der Waals surface area (Å²) in [6.45, 7) is 1.42. The molecular formula is C9H7F2N3O.